The first kappa shape index (κ1) is 19.0. The van der Waals surface area contributed by atoms with Crippen LogP contribution in [0.5, 0.6) is 11.5 Å². The van der Waals surface area contributed by atoms with Crippen molar-refractivity contribution in [2.75, 3.05) is 0 Å². The van der Waals surface area contributed by atoms with E-state index in [2.05, 4.69) is 9.71 Å². The smallest absolute Gasteiger partial charge is 0.258 e. The van der Waals surface area contributed by atoms with Crippen molar-refractivity contribution in [2.24, 2.45) is 0 Å². The summed E-state index contributed by atoms with van der Waals surface area (Å²) in [4.78, 5) is 3.82. The molecule has 9 heteroatoms. The molecule has 1 N–H and O–H groups in total. The zero-order chi connectivity index (χ0) is 19.4. The van der Waals surface area contributed by atoms with Gasteiger partial charge in [-0.25, -0.2) is 26.9 Å². The number of ether oxygens (including phenoxy) is 1. The largest absolute Gasteiger partial charge is 0.451 e. The Kier molecular flexibility index (Phi) is 5.52. The summed E-state index contributed by atoms with van der Waals surface area (Å²) < 4.78 is 61.6. The van der Waals surface area contributed by atoms with Crippen molar-refractivity contribution < 1.29 is 21.9 Å². The zero-order valence-electron chi connectivity index (χ0n) is 14.4. The molecular weight excluding hydrogens is 376 g/mol. The van der Waals surface area contributed by atoms with Crippen LogP contribution in [0.3, 0.4) is 0 Å². The molecule has 0 aliphatic rings. The van der Waals surface area contributed by atoms with Crippen LogP contribution in [0.1, 0.15) is 12.5 Å². The highest BCUT2D eigenvalue weighted by Crippen LogP contribution is 2.27. The number of sulfonamides is 1. The van der Waals surface area contributed by atoms with Gasteiger partial charge in [0.1, 0.15) is 0 Å². The Morgan fingerprint density at radius 2 is 1.85 bits per heavy atom. The number of para-hydroxylation sites is 1. The van der Waals surface area contributed by atoms with Crippen LogP contribution in [0.2, 0.25) is 0 Å². The Hall–Kier alpha value is -2.78. The molecule has 1 heterocycles. The molecule has 0 aliphatic carbocycles. The molecular formula is C18H17F2N3O3S. The molecule has 3 rings (SSSR count). The van der Waals surface area contributed by atoms with Crippen LogP contribution in [0.25, 0.3) is 0 Å². The molecule has 142 valence electrons. The molecule has 0 bridgehead atoms. The number of halogens is 2. The number of rotatable bonds is 7. The van der Waals surface area contributed by atoms with E-state index < -0.39 is 21.7 Å². The van der Waals surface area contributed by atoms with Crippen molar-refractivity contribution >= 4 is 10.0 Å². The Bertz CT molecular complexity index is 1050. The average molecular weight is 393 g/mol. The summed E-state index contributed by atoms with van der Waals surface area (Å²) in [6, 6.07) is 9.61. The van der Waals surface area contributed by atoms with Gasteiger partial charge in [-0.3, -0.25) is 0 Å². The number of imidazole rings is 1. The second-order valence-electron chi connectivity index (χ2n) is 5.64. The third-order valence-electron chi connectivity index (χ3n) is 3.81. The van der Waals surface area contributed by atoms with Gasteiger partial charge in [0.25, 0.3) is 10.0 Å². The van der Waals surface area contributed by atoms with E-state index in [-0.39, 0.29) is 23.1 Å². The molecule has 3 aromatic rings. The Balaban J connectivity index is 1.72. The quantitative estimate of drug-likeness (QED) is 0.667. The minimum Gasteiger partial charge on any atom is -0.451 e. The molecule has 1 aromatic heterocycles. The van der Waals surface area contributed by atoms with Crippen LogP contribution in [0.4, 0.5) is 8.78 Å². The average Bonchev–Trinajstić information content (AvgIpc) is 3.14. The Labute approximate surface area is 155 Å². The van der Waals surface area contributed by atoms with Gasteiger partial charge in [-0.15, -0.1) is 0 Å². The number of hydrogen-bond donors (Lipinski definition) is 1. The van der Waals surface area contributed by atoms with Gasteiger partial charge in [0.05, 0.1) is 12.5 Å². The van der Waals surface area contributed by atoms with Gasteiger partial charge in [-0.2, -0.15) is 0 Å². The van der Waals surface area contributed by atoms with E-state index >= 15 is 0 Å². The van der Waals surface area contributed by atoms with Crippen molar-refractivity contribution in [2.45, 2.75) is 25.0 Å². The maximum absolute atomic E-state index is 14.2. The Morgan fingerprint density at radius 3 is 2.56 bits per heavy atom. The first-order valence-electron chi connectivity index (χ1n) is 8.11. The van der Waals surface area contributed by atoms with E-state index in [1.54, 1.807) is 13.0 Å². The minimum absolute atomic E-state index is 0.0324. The predicted molar refractivity (Wildman–Crippen MR) is 94.8 cm³/mol. The van der Waals surface area contributed by atoms with Gasteiger partial charge >= 0.3 is 0 Å². The molecule has 0 spiro atoms. The van der Waals surface area contributed by atoms with E-state index in [1.807, 2.05) is 0 Å². The first-order chi connectivity index (χ1) is 12.9. The van der Waals surface area contributed by atoms with E-state index in [4.69, 9.17) is 4.74 Å². The van der Waals surface area contributed by atoms with Crippen LogP contribution in [0.15, 0.2) is 60.0 Å². The number of benzene rings is 2. The second-order valence-corrected chi connectivity index (χ2v) is 7.35. The zero-order valence-corrected chi connectivity index (χ0v) is 15.2. The number of hydrogen-bond acceptors (Lipinski definition) is 4. The monoisotopic (exact) mass is 393 g/mol. The molecule has 0 unspecified atom stereocenters. The van der Waals surface area contributed by atoms with Gasteiger partial charge in [0.2, 0.25) is 0 Å². The Morgan fingerprint density at radius 1 is 1.11 bits per heavy atom. The summed E-state index contributed by atoms with van der Waals surface area (Å²) in [5, 5.41) is 0.0324. The van der Waals surface area contributed by atoms with Crippen LogP contribution in [-0.4, -0.2) is 18.0 Å². The highest BCUT2D eigenvalue weighted by molar-refractivity contribution is 7.89. The fourth-order valence-electron chi connectivity index (χ4n) is 2.41. The van der Waals surface area contributed by atoms with E-state index in [0.29, 0.717) is 12.1 Å². The van der Waals surface area contributed by atoms with Crippen molar-refractivity contribution in [3.63, 3.8) is 0 Å². The molecule has 0 saturated heterocycles. The molecule has 2 aromatic carbocycles. The minimum atomic E-state index is -3.79. The van der Waals surface area contributed by atoms with Crippen LogP contribution in [0, 0.1) is 11.6 Å². The van der Waals surface area contributed by atoms with Gasteiger partial charge in [-0.1, -0.05) is 18.2 Å². The molecule has 0 fully saturated rings. The standard InChI is InChI=1S/C18H17F2N3O3S/c1-2-23-12-21-11-18(23)27(24,25)22-10-13-7-8-17(15(20)9-13)26-16-6-4-3-5-14(16)19/h3-9,11-12,22H,2,10H2,1H3. The van der Waals surface area contributed by atoms with E-state index in [0.717, 1.165) is 6.07 Å². The van der Waals surface area contributed by atoms with Crippen LogP contribution >= 0.6 is 0 Å². The number of aromatic nitrogens is 2. The third kappa shape index (κ3) is 4.32. The van der Waals surface area contributed by atoms with Crippen molar-refractivity contribution in [3.05, 3.63) is 72.2 Å². The molecule has 6 nitrogen and oxygen atoms in total. The van der Waals surface area contributed by atoms with Crippen molar-refractivity contribution in [1.29, 1.82) is 0 Å². The normalized spacial score (nSPS) is 11.5. The SMILES string of the molecule is CCn1cncc1S(=O)(=O)NCc1ccc(Oc2ccccc2F)c(F)c1. The van der Waals surface area contributed by atoms with Crippen molar-refractivity contribution in [1.82, 2.24) is 14.3 Å². The molecule has 0 atom stereocenters. The molecule has 0 radical (unpaired) electrons. The number of aryl methyl sites for hydroxylation is 1. The molecule has 0 amide bonds. The molecule has 0 aliphatic heterocycles. The summed E-state index contributed by atoms with van der Waals surface area (Å²) in [5.74, 6) is -1.59. The molecule has 0 saturated carbocycles. The maximum atomic E-state index is 14.2. The summed E-state index contributed by atoms with van der Waals surface area (Å²) >= 11 is 0. The molecule has 27 heavy (non-hydrogen) atoms. The van der Waals surface area contributed by atoms with E-state index in [9.17, 15) is 17.2 Å². The third-order valence-corrected chi connectivity index (χ3v) is 5.22. The fraction of sp³-hybridized carbons (Fsp3) is 0.167. The number of nitrogens with zero attached hydrogens (tertiary/aromatic N) is 2. The van der Waals surface area contributed by atoms with Gasteiger partial charge in [0, 0.05) is 13.1 Å². The fourth-order valence-corrected chi connectivity index (χ4v) is 3.59. The van der Waals surface area contributed by atoms with Gasteiger partial charge in [-0.05, 0) is 36.8 Å². The number of nitrogens with one attached hydrogen (secondary N) is 1. The van der Waals surface area contributed by atoms with Crippen LogP contribution in [-0.2, 0) is 23.1 Å². The highest BCUT2D eigenvalue weighted by Gasteiger charge is 2.18. The predicted octanol–water partition coefficient (Wildman–Crippen LogP) is 3.45. The lowest BCUT2D eigenvalue weighted by Crippen LogP contribution is -2.25. The lowest BCUT2D eigenvalue weighted by atomic mass is 10.2. The van der Waals surface area contributed by atoms with Crippen molar-refractivity contribution in [3.8, 4) is 11.5 Å². The highest BCUT2D eigenvalue weighted by atomic mass is 32.2. The summed E-state index contributed by atoms with van der Waals surface area (Å²) in [7, 11) is -3.79. The summed E-state index contributed by atoms with van der Waals surface area (Å²) in [6.45, 7) is 2.13. The van der Waals surface area contributed by atoms with E-state index in [1.165, 1.54) is 47.4 Å². The first-order valence-corrected chi connectivity index (χ1v) is 9.59. The lowest BCUT2D eigenvalue weighted by molar-refractivity contribution is 0.414. The topological polar surface area (TPSA) is 73.2 Å². The summed E-state index contributed by atoms with van der Waals surface area (Å²) in [5.41, 5.74) is 0.388. The van der Waals surface area contributed by atoms with Gasteiger partial charge < -0.3 is 9.30 Å². The van der Waals surface area contributed by atoms with Crippen LogP contribution < -0.4 is 9.46 Å². The maximum Gasteiger partial charge on any atom is 0.258 e. The lowest BCUT2D eigenvalue weighted by Gasteiger charge is -2.11. The van der Waals surface area contributed by atoms with Gasteiger partial charge in [0.15, 0.2) is 28.2 Å². The second kappa shape index (κ2) is 7.85. The summed E-state index contributed by atoms with van der Waals surface area (Å²) in [6.07, 6.45) is 2.67.